The van der Waals surface area contributed by atoms with Gasteiger partial charge in [0.15, 0.2) is 5.13 Å². The number of piperidine rings is 1. The van der Waals surface area contributed by atoms with Crippen molar-refractivity contribution >= 4 is 55.6 Å². The van der Waals surface area contributed by atoms with Crippen molar-refractivity contribution in [3.63, 3.8) is 0 Å². The first kappa shape index (κ1) is 20.4. The van der Waals surface area contributed by atoms with Crippen LogP contribution in [0.3, 0.4) is 0 Å². The van der Waals surface area contributed by atoms with E-state index in [9.17, 15) is 14.9 Å². The smallest absolute Gasteiger partial charge is 0.293 e. The molecule has 1 N–H and O–H groups in total. The monoisotopic (exact) mass is 446 g/mol. The summed E-state index contributed by atoms with van der Waals surface area (Å²) >= 11 is 7.44. The van der Waals surface area contributed by atoms with Crippen LogP contribution in [0.15, 0.2) is 30.3 Å². The SMILES string of the molecule is COc1ccc(Cl)c2sc(NC(=O)c3ccc(N4CCCCC4)c([N+](=O)[O-])c3)nc12. The van der Waals surface area contributed by atoms with Crippen molar-refractivity contribution in [3.05, 3.63) is 51.0 Å². The van der Waals surface area contributed by atoms with Gasteiger partial charge in [-0.05, 0) is 43.5 Å². The number of carbonyl (C=O) groups excluding carboxylic acids is 1. The van der Waals surface area contributed by atoms with Crippen molar-refractivity contribution in [3.8, 4) is 5.75 Å². The van der Waals surface area contributed by atoms with Crippen LogP contribution in [0.2, 0.25) is 5.02 Å². The van der Waals surface area contributed by atoms with Crippen molar-refractivity contribution in [2.45, 2.75) is 19.3 Å². The van der Waals surface area contributed by atoms with E-state index in [0.717, 1.165) is 32.4 Å². The number of hydrogen-bond donors (Lipinski definition) is 1. The van der Waals surface area contributed by atoms with Crippen LogP contribution in [-0.2, 0) is 0 Å². The molecule has 0 bridgehead atoms. The van der Waals surface area contributed by atoms with E-state index in [-0.39, 0.29) is 11.3 Å². The Labute approximate surface area is 181 Å². The molecule has 2 aromatic carbocycles. The van der Waals surface area contributed by atoms with Crippen LogP contribution in [-0.4, -0.2) is 36.0 Å². The van der Waals surface area contributed by atoms with Crippen molar-refractivity contribution in [2.24, 2.45) is 0 Å². The highest BCUT2D eigenvalue weighted by atomic mass is 35.5. The van der Waals surface area contributed by atoms with E-state index < -0.39 is 10.8 Å². The van der Waals surface area contributed by atoms with Crippen LogP contribution < -0.4 is 15.0 Å². The summed E-state index contributed by atoms with van der Waals surface area (Å²) in [5.41, 5.74) is 1.22. The Morgan fingerprint density at radius 1 is 1.27 bits per heavy atom. The number of amides is 1. The molecule has 156 valence electrons. The molecule has 1 amide bonds. The maximum absolute atomic E-state index is 12.7. The predicted octanol–water partition coefficient (Wildman–Crippen LogP) is 5.11. The number of anilines is 2. The van der Waals surface area contributed by atoms with Gasteiger partial charge in [-0.15, -0.1) is 0 Å². The number of ether oxygens (including phenoxy) is 1. The van der Waals surface area contributed by atoms with E-state index in [1.54, 1.807) is 24.3 Å². The highest BCUT2D eigenvalue weighted by molar-refractivity contribution is 7.23. The highest BCUT2D eigenvalue weighted by Gasteiger charge is 2.23. The number of rotatable bonds is 5. The molecule has 30 heavy (non-hydrogen) atoms. The third-order valence-corrected chi connectivity index (χ3v) is 6.46. The van der Waals surface area contributed by atoms with Crippen LogP contribution in [0.1, 0.15) is 29.6 Å². The van der Waals surface area contributed by atoms with Crippen LogP contribution >= 0.6 is 22.9 Å². The van der Waals surface area contributed by atoms with Crippen molar-refractivity contribution in [1.29, 1.82) is 0 Å². The Kier molecular flexibility index (Phi) is 5.74. The maximum Gasteiger partial charge on any atom is 0.293 e. The molecule has 0 unspecified atom stereocenters. The number of nitrogens with zero attached hydrogens (tertiary/aromatic N) is 3. The molecule has 0 spiro atoms. The average molecular weight is 447 g/mol. The van der Waals surface area contributed by atoms with Crippen LogP contribution in [0.25, 0.3) is 10.2 Å². The first-order valence-electron chi connectivity index (χ1n) is 9.45. The molecule has 1 fully saturated rings. The standard InChI is InChI=1S/C20H19ClN4O4S/c1-29-16-8-6-13(21)18-17(16)22-20(30-18)23-19(26)12-5-7-14(15(11-12)25(27)28)24-9-3-2-4-10-24/h5-8,11H,2-4,9-10H2,1H3,(H,22,23,26). The molecule has 0 radical (unpaired) electrons. The van der Waals surface area contributed by atoms with Gasteiger partial charge in [-0.3, -0.25) is 20.2 Å². The second-order valence-corrected chi connectivity index (χ2v) is 8.32. The lowest BCUT2D eigenvalue weighted by Gasteiger charge is -2.28. The van der Waals surface area contributed by atoms with Crippen LogP contribution in [0.4, 0.5) is 16.5 Å². The molecular formula is C20H19ClN4O4S. The summed E-state index contributed by atoms with van der Waals surface area (Å²) < 4.78 is 5.98. The molecule has 0 aliphatic carbocycles. The zero-order valence-corrected chi connectivity index (χ0v) is 17.8. The van der Waals surface area contributed by atoms with Crippen LogP contribution in [0.5, 0.6) is 5.75 Å². The molecule has 1 saturated heterocycles. The van der Waals surface area contributed by atoms with Gasteiger partial charge in [-0.25, -0.2) is 4.98 Å². The summed E-state index contributed by atoms with van der Waals surface area (Å²) in [6, 6.07) is 7.98. The summed E-state index contributed by atoms with van der Waals surface area (Å²) in [4.78, 5) is 30.3. The zero-order valence-electron chi connectivity index (χ0n) is 16.2. The summed E-state index contributed by atoms with van der Waals surface area (Å²) in [6.45, 7) is 1.56. The minimum atomic E-state index is -0.475. The number of benzene rings is 2. The Morgan fingerprint density at radius 2 is 2.03 bits per heavy atom. The van der Waals surface area contributed by atoms with Gasteiger partial charge in [0, 0.05) is 24.7 Å². The number of methoxy groups -OCH3 is 1. The van der Waals surface area contributed by atoms with E-state index in [1.165, 1.54) is 24.5 Å². The normalized spacial score (nSPS) is 14.0. The summed E-state index contributed by atoms with van der Waals surface area (Å²) in [5.74, 6) is 0.0742. The van der Waals surface area contributed by atoms with E-state index in [1.807, 2.05) is 4.90 Å². The summed E-state index contributed by atoms with van der Waals surface area (Å²) in [5, 5.41) is 15.2. The molecule has 2 heterocycles. The summed E-state index contributed by atoms with van der Waals surface area (Å²) in [6.07, 6.45) is 3.13. The third-order valence-electron chi connectivity index (χ3n) is 5.03. The van der Waals surface area contributed by atoms with Crippen LogP contribution in [0, 0.1) is 10.1 Å². The number of nitro groups is 1. The highest BCUT2D eigenvalue weighted by Crippen LogP contribution is 2.37. The van der Waals surface area contributed by atoms with E-state index in [4.69, 9.17) is 16.3 Å². The third kappa shape index (κ3) is 3.90. The Hall–Kier alpha value is -2.91. The first-order valence-corrected chi connectivity index (χ1v) is 10.6. The van der Waals surface area contributed by atoms with Gasteiger partial charge in [0.2, 0.25) is 0 Å². The number of halogens is 1. The Bertz CT molecular complexity index is 1130. The fourth-order valence-electron chi connectivity index (χ4n) is 3.55. The molecule has 1 aliphatic heterocycles. The first-order chi connectivity index (χ1) is 14.5. The lowest BCUT2D eigenvalue weighted by molar-refractivity contribution is -0.384. The Morgan fingerprint density at radius 3 is 2.73 bits per heavy atom. The average Bonchev–Trinajstić information content (AvgIpc) is 3.18. The predicted molar refractivity (Wildman–Crippen MR) is 118 cm³/mol. The van der Waals surface area contributed by atoms with Gasteiger partial charge in [-0.2, -0.15) is 0 Å². The fourth-order valence-corrected chi connectivity index (χ4v) is 4.70. The summed E-state index contributed by atoms with van der Waals surface area (Å²) in [7, 11) is 1.53. The minimum Gasteiger partial charge on any atom is -0.494 e. The van der Waals surface area contributed by atoms with Gasteiger partial charge < -0.3 is 9.64 Å². The number of nitrogens with one attached hydrogen (secondary N) is 1. The van der Waals surface area contributed by atoms with Crippen molar-refractivity contribution in [2.75, 3.05) is 30.4 Å². The topological polar surface area (TPSA) is 97.6 Å². The van der Waals surface area contributed by atoms with E-state index in [0.29, 0.717) is 31.8 Å². The number of carbonyl (C=O) groups is 1. The lowest BCUT2D eigenvalue weighted by atomic mass is 10.1. The molecule has 10 heteroatoms. The number of thiazole rings is 1. The number of hydrogen-bond acceptors (Lipinski definition) is 7. The second-order valence-electron chi connectivity index (χ2n) is 6.91. The Balaban J connectivity index is 1.62. The zero-order chi connectivity index (χ0) is 21.3. The molecule has 3 aromatic rings. The van der Waals surface area contributed by atoms with E-state index >= 15 is 0 Å². The fraction of sp³-hybridized carbons (Fsp3) is 0.300. The number of nitro benzene ring substituents is 1. The second kappa shape index (κ2) is 8.45. The largest absolute Gasteiger partial charge is 0.494 e. The van der Waals surface area contributed by atoms with Crippen molar-refractivity contribution in [1.82, 2.24) is 4.98 Å². The number of fused-ring (bicyclic) bond motifs is 1. The minimum absolute atomic E-state index is 0.0708. The van der Waals surface area contributed by atoms with Gasteiger partial charge >= 0.3 is 0 Å². The van der Waals surface area contributed by atoms with Gasteiger partial charge in [0.25, 0.3) is 11.6 Å². The number of aromatic nitrogens is 1. The molecular weight excluding hydrogens is 428 g/mol. The van der Waals surface area contributed by atoms with Gasteiger partial charge in [0.1, 0.15) is 17.0 Å². The van der Waals surface area contributed by atoms with Gasteiger partial charge in [-0.1, -0.05) is 22.9 Å². The molecule has 1 aromatic heterocycles. The quantitative estimate of drug-likeness (QED) is 0.432. The molecule has 0 saturated carbocycles. The molecule has 4 rings (SSSR count). The lowest BCUT2D eigenvalue weighted by Crippen LogP contribution is -2.30. The van der Waals surface area contributed by atoms with Gasteiger partial charge in [0.05, 0.1) is 21.8 Å². The van der Waals surface area contributed by atoms with E-state index in [2.05, 4.69) is 10.3 Å². The molecule has 0 atom stereocenters. The molecule has 8 nitrogen and oxygen atoms in total. The van der Waals surface area contributed by atoms with Crippen molar-refractivity contribution < 1.29 is 14.5 Å². The maximum atomic E-state index is 12.7. The molecule has 1 aliphatic rings.